The second-order valence-electron chi connectivity index (χ2n) is 2.61. The average molecular weight is 221 g/mol. The lowest BCUT2D eigenvalue weighted by atomic mass is 10.1. The minimum absolute atomic E-state index is 0.184. The third-order valence-corrected chi connectivity index (χ3v) is 2.32. The highest BCUT2D eigenvalue weighted by Crippen LogP contribution is 2.30. The van der Waals surface area contributed by atoms with Gasteiger partial charge in [0.25, 0.3) is 0 Å². The molecule has 1 rings (SSSR count). The molecule has 0 saturated carbocycles. The van der Waals surface area contributed by atoms with Gasteiger partial charge in [-0.25, -0.2) is 0 Å². The van der Waals surface area contributed by atoms with Gasteiger partial charge in [-0.05, 0) is 12.1 Å². The first-order valence-corrected chi connectivity index (χ1v) is 4.53. The molecule has 0 spiro atoms. The van der Waals surface area contributed by atoms with Crippen molar-refractivity contribution >= 4 is 23.2 Å². The molecule has 1 atom stereocenters. The largest absolute Gasteiger partial charge is 0.386 e. The minimum atomic E-state index is -0.772. The fraction of sp³-hybridized carbons (Fsp3) is 0.333. The SMILES string of the molecule is COCC(O)c1c(Cl)cccc1Cl. The lowest BCUT2D eigenvalue weighted by molar-refractivity contribution is 0.0645. The van der Waals surface area contributed by atoms with Gasteiger partial charge in [-0.15, -0.1) is 0 Å². The molecule has 1 aromatic rings. The molecule has 4 heteroatoms. The lowest BCUT2D eigenvalue weighted by Crippen LogP contribution is -2.06. The molecule has 0 aliphatic carbocycles. The van der Waals surface area contributed by atoms with E-state index in [0.717, 1.165) is 0 Å². The van der Waals surface area contributed by atoms with Gasteiger partial charge in [-0.1, -0.05) is 29.3 Å². The Kier molecular flexibility index (Phi) is 4.00. The van der Waals surface area contributed by atoms with E-state index in [9.17, 15) is 5.11 Å². The Morgan fingerprint density at radius 1 is 1.38 bits per heavy atom. The molecule has 0 heterocycles. The van der Waals surface area contributed by atoms with Gasteiger partial charge in [0.05, 0.1) is 6.61 Å². The first kappa shape index (κ1) is 10.8. The normalized spacial score (nSPS) is 12.9. The zero-order valence-corrected chi connectivity index (χ0v) is 8.64. The Labute approximate surface area is 87.0 Å². The average Bonchev–Trinajstić information content (AvgIpc) is 2.04. The molecule has 1 unspecified atom stereocenters. The monoisotopic (exact) mass is 220 g/mol. The van der Waals surface area contributed by atoms with Crippen LogP contribution in [0.3, 0.4) is 0 Å². The second kappa shape index (κ2) is 4.82. The fourth-order valence-electron chi connectivity index (χ4n) is 1.07. The summed E-state index contributed by atoms with van der Waals surface area (Å²) < 4.78 is 4.80. The highest BCUT2D eigenvalue weighted by molar-refractivity contribution is 6.36. The van der Waals surface area contributed by atoms with Crippen LogP contribution in [0.1, 0.15) is 11.7 Å². The van der Waals surface area contributed by atoms with E-state index in [1.54, 1.807) is 18.2 Å². The Bertz CT molecular complexity index is 269. The third-order valence-electron chi connectivity index (χ3n) is 1.66. The number of aliphatic hydroxyl groups excluding tert-OH is 1. The quantitative estimate of drug-likeness (QED) is 0.850. The molecule has 13 heavy (non-hydrogen) atoms. The van der Waals surface area contributed by atoms with Crippen molar-refractivity contribution in [3.8, 4) is 0 Å². The summed E-state index contributed by atoms with van der Waals surface area (Å²) in [5, 5.41) is 10.5. The third kappa shape index (κ3) is 2.58. The molecular formula is C9H10Cl2O2. The van der Waals surface area contributed by atoms with Crippen LogP contribution < -0.4 is 0 Å². The summed E-state index contributed by atoms with van der Waals surface area (Å²) in [4.78, 5) is 0. The van der Waals surface area contributed by atoms with E-state index in [-0.39, 0.29) is 6.61 Å². The maximum absolute atomic E-state index is 9.59. The van der Waals surface area contributed by atoms with Crippen LogP contribution in [0.5, 0.6) is 0 Å². The second-order valence-corrected chi connectivity index (χ2v) is 3.42. The van der Waals surface area contributed by atoms with Crippen molar-refractivity contribution in [2.45, 2.75) is 6.10 Å². The molecule has 0 saturated heterocycles. The van der Waals surface area contributed by atoms with E-state index in [0.29, 0.717) is 15.6 Å². The molecule has 0 aromatic heterocycles. The van der Waals surface area contributed by atoms with Crippen molar-refractivity contribution in [2.24, 2.45) is 0 Å². The summed E-state index contributed by atoms with van der Waals surface area (Å²) in [6.07, 6.45) is -0.772. The van der Waals surface area contributed by atoms with E-state index in [2.05, 4.69) is 0 Å². The predicted molar refractivity (Wildman–Crippen MR) is 53.3 cm³/mol. The van der Waals surface area contributed by atoms with Gasteiger partial charge in [0.2, 0.25) is 0 Å². The van der Waals surface area contributed by atoms with Crippen molar-refractivity contribution < 1.29 is 9.84 Å². The highest BCUT2D eigenvalue weighted by atomic mass is 35.5. The van der Waals surface area contributed by atoms with Gasteiger partial charge in [0, 0.05) is 22.7 Å². The number of benzene rings is 1. The Morgan fingerprint density at radius 3 is 2.38 bits per heavy atom. The van der Waals surface area contributed by atoms with Gasteiger partial charge in [-0.3, -0.25) is 0 Å². The number of ether oxygens (including phenoxy) is 1. The molecule has 0 amide bonds. The molecule has 0 aliphatic rings. The van der Waals surface area contributed by atoms with Crippen molar-refractivity contribution in [1.82, 2.24) is 0 Å². The minimum Gasteiger partial charge on any atom is -0.386 e. The summed E-state index contributed by atoms with van der Waals surface area (Å²) >= 11 is 11.7. The van der Waals surface area contributed by atoms with Gasteiger partial charge < -0.3 is 9.84 Å². The van der Waals surface area contributed by atoms with Crippen LogP contribution in [0.25, 0.3) is 0 Å². The van der Waals surface area contributed by atoms with Crippen LogP contribution in [-0.2, 0) is 4.74 Å². The molecule has 72 valence electrons. The van der Waals surface area contributed by atoms with E-state index in [4.69, 9.17) is 27.9 Å². The van der Waals surface area contributed by atoms with Crippen LogP contribution in [0.2, 0.25) is 10.0 Å². The molecule has 0 fully saturated rings. The van der Waals surface area contributed by atoms with Crippen LogP contribution in [0.15, 0.2) is 18.2 Å². The van der Waals surface area contributed by atoms with Gasteiger partial charge in [-0.2, -0.15) is 0 Å². The van der Waals surface area contributed by atoms with Gasteiger partial charge in [0.15, 0.2) is 0 Å². The maximum Gasteiger partial charge on any atom is 0.105 e. The maximum atomic E-state index is 9.59. The van der Waals surface area contributed by atoms with Crippen molar-refractivity contribution in [2.75, 3.05) is 13.7 Å². The molecule has 2 nitrogen and oxygen atoms in total. The topological polar surface area (TPSA) is 29.5 Å². The van der Waals surface area contributed by atoms with Gasteiger partial charge >= 0.3 is 0 Å². The molecule has 0 radical (unpaired) electrons. The highest BCUT2D eigenvalue weighted by Gasteiger charge is 2.14. The van der Waals surface area contributed by atoms with Crippen LogP contribution in [-0.4, -0.2) is 18.8 Å². The summed E-state index contributed by atoms with van der Waals surface area (Å²) in [6.45, 7) is 0.184. The number of hydrogen-bond acceptors (Lipinski definition) is 2. The van der Waals surface area contributed by atoms with Crippen LogP contribution in [0.4, 0.5) is 0 Å². The Morgan fingerprint density at radius 2 is 1.92 bits per heavy atom. The summed E-state index contributed by atoms with van der Waals surface area (Å²) in [6, 6.07) is 5.09. The van der Waals surface area contributed by atoms with E-state index in [1.807, 2.05) is 0 Å². The molecule has 0 aliphatic heterocycles. The fourth-order valence-corrected chi connectivity index (χ4v) is 1.72. The zero-order chi connectivity index (χ0) is 9.84. The number of methoxy groups -OCH3 is 1. The van der Waals surface area contributed by atoms with E-state index >= 15 is 0 Å². The van der Waals surface area contributed by atoms with Crippen molar-refractivity contribution in [3.05, 3.63) is 33.8 Å². The Hall–Kier alpha value is -0.280. The number of halogens is 2. The number of rotatable bonds is 3. The van der Waals surface area contributed by atoms with Gasteiger partial charge in [0.1, 0.15) is 6.10 Å². The van der Waals surface area contributed by atoms with Crippen molar-refractivity contribution in [1.29, 1.82) is 0 Å². The van der Waals surface area contributed by atoms with E-state index in [1.165, 1.54) is 7.11 Å². The lowest BCUT2D eigenvalue weighted by Gasteiger charge is -2.12. The first-order chi connectivity index (χ1) is 6.16. The predicted octanol–water partition coefficient (Wildman–Crippen LogP) is 2.67. The Balaban J connectivity index is 2.98. The number of hydrogen-bond donors (Lipinski definition) is 1. The molecule has 0 bridgehead atoms. The molecular weight excluding hydrogens is 211 g/mol. The number of aliphatic hydroxyl groups is 1. The van der Waals surface area contributed by atoms with Crippen LogP contribution in [0, 0.1) is 0 Å². The van der Waals surface area contributed by atoms with Crippen LogP contribution >= 0.6 is 23.2 Å². The zero-order valence-electron chi connectivity index (χ0n) is 7.13. The molecule has 1 N–H and O–H groups in total. The molecule has 1 aromatic carbocycles. The standard InChI is InChI=1S/C9H10Cl2O2/c1-13-5-8(12)9-6(10)3-2-4-7(9)11/h2-4,8,12H,5H2,1H3. The summed E-state index contributed by atoms with van der Waals surface area (Å²) in [5.74, 6) is 0. The first-order valence-electron chi connectivity index (χ1n) is 3.77. The summed E-state index contributed by atoms with van der Waals surface area (Å²) in [5.41, 5.74) is 0.521. The van der Waals surface area contributed by atoms with E-state index < -0.39 is 6.10 Å². The smallest absolute Gasteiger partial charge is 0.105 e. The van der Waals surface area contributed by atoms with Crippen molar-refractivity contribution in [3.63, 3.8) is 0 Å². The summed E-state index contributed by atoms with van der Waals surface area (Å²) in [7, 11) is 1.51.